The number of halogens is 1. The molecule has 2 unspecified atom stereocenters. The van der Waals surface area contributed by atoms with Crippen LogP contribution in [0.15, 0.2) is 12.1 Å². The minimum Gasteiger partial charge on any atom is -0.465 e. The molecule has 0 bridgehead atoms. The zero-order valence-corrected chi connectivity index (χ0v) is 12.9. The summed E-state index contributed by atoms with van der Waals surface area (Å²) in [7, 11) is 5.32. The van der Waals surface area contributed by atoms with Crippen LogP contribution >= 0.6 is 0 Å². The molecule has 1 aromatic carbocycles. The minimum atomic E-state index is -0.551. The Balaban J connectivity index is 2.34. The summed E-state index contributed by atoms with van der Waals surface area (Å²) in [5, 5.41) is 0. The Labute approximate surface area is 124 Å². The fourth-order valence-corrected chi connectivity index (χ4v) is 2.92. The molecule has 116 valence electrons. The third kappa shape index (κ3) is 2.95. The van der Waals surface area contributed by atoms with Gasteiger partial charge in [0.05, 0.1) is 18.4 Å². The fourth-order valence-electron chi connectivity index (χ4n) is 2.92. The summed E-state index contributed by atoms with van der Waals surface area (Å²) in [5.41, 5.74) is 6.40. The van der Waals surface area contributed by atoms with Gasteiger partial charge >= 0.3 is 5.97 Å². The van der Waals surface area contributed by atoms with Crippen LogP contribution in [0.4, 0.5) is 15.8 Å². The van der Waals surface area contributed by atoms with Crippen LogP contribution in [0.2, 0.25) is 0 Å². The normalized spacial score (nSPS) is 21.9. The predicted molar refractivity (Wildman–Crippen MR) is 81.0 cm³/mol. The molecule has 0 amide bonds. The van der Waals surface area contributed by atoms with Crippen LogP contribution in [0, 0.1) is 11.7 Å². The van der Waals surface area contributed by atoms with Crippen LogP contribution in [0.25, 0.3) is 0 Å². The van der Waals surface area contributed by atoms with Gasteiger partial charge < -0.3 is 20.3 Å². The lowest BCUT2D eigenvalue weighted by atomic mass is 10.1. The quantitative estimate of drug-likeness (QED) is 0.678. The molecule has 1 aliphatic heterocycles. The highest BCUT2D eigenvalue weighted by Gasteiger charge is 2.32. The maximum absolute atomic E-state index is 14.2. The van der Waals surface area contributed by atoms with Crippen molar-refractivity contribution >= 4 is 17.3 Å². The second kappa shape index (κ2) is 5.89. The zero-order chi connectivity index (χ0) is 15.7. The summed E-state index contributed by atoms with van der Waals surface area (Å²) in [5.74, 6) is -0.546. The number of rotatable bonds is 3. The monoisotopic (exact) mass is 295 g/mol. The highest BCUT2D eigenvalue weighted by Crippen LogP contribution is 2.31. The Morgan fingerprint density at radius 2 is 2.10 bits per heavy atom. The molecule has 0 aliphatic carbocycles. The summed E-state index contributed by atoms with van der Waals surface area (Å²) < 4.78 is 18.9. The van der Waals surface area contributed by atoms with Crippen molar-refractivity contribution in [1.82, 2.24) is 4.90 Å². The fraction of sp³-hybridized carbons (Fsp3) is 0.533. The highest BCUT2D eigenvalue weighted by molar-refractivity contribution is 5.96. The molecule has 0 aromatic heterocycles. The van der Waals surface area contributed by atoms with Gasteiger partial charge in [0.1, 0.15) is 5.82 Å². The Kier molecular flexibility index (Phi) is 4.37. The number of methoxy groups -OCH3 is 1. The molecule has 6 heteroatoms. The third-order valence-corrected chi connectivity index (χ3v) is 4.10. The maximum Gasteiger partial charge on any atom is 0.340 e. The van der Waals surface area contributed by atoms with E-state index in [4.69, 9.17) is 5.73 Å². The molecule has 2 atom stereocenters. The number of hydrogen-bond donors (Lipinski definition) is 1. The number of likely N-dealkylation sites (N-methyl/N-ethyl adjacent to an activating group) is 1. The van der Waals surface area contributed by atoms with Crippen molar-refractivity contribution in [2.75, 3.05) is 44.9 Å². The van der Waals surface area contributed by atoms with Crippen molar-refractivity contribution in [3.63, 3.8) is 0 Å². The van der Waals surface area contributed by atoms with Crippen LogP contribution in [0.5, 0.6) is 0 Å². The second-order valence-electron chi connectivity index (χ2n) is 5.80. The van der Waals surface area contributed by atoms with E-state index in [2.05, 4.69) is 16.6 Å². The number of esters is 1. The maximum atomic E-state index is 14.2. The molecule has 1 aromatic rings. The van der Waals surface area contributed by atoms with E-state index in [1.807, 2.05) is 19.0 Å². The van der Waals surface area contributed by atoms with Gasteiger partial charge in [-0.25, -0.2) is 9.18 Å². The first-order valence-corrected chi connectivity index (χ1v) is 6.93. The standard InChI is InChI=1S/C15H22FN3O2/c1-9-7-19(8-14(9)18(2)3)13-5-10(15(20)21-4)12(17)6-11(13)16/h5-6,9,14H,7-8,17H2,1-4H3. The average Bonchev–Trinajstić information content (AvgIpc) is 2.80. The third-order valence-electron chi connectivity index (χ3n) is 4.10. The van der Waals surface area contributed by atoms with Gasteiger partial charge in [-0.05, 0) is 32.1 Å². The van der Waals surface area contributed by atoms with E-state index in [1.54, 1.807) is 0 Å². The van der Waals surface area contributed by atoms with E-state index in [0.717, 1.165) is 13.1 Å². The van der Waals surface area contributed by atoms with Gasteiger partial charge in [-0.3, -0.25) is 0 Å². The van der Waals surface area contributed by atoms with Crippen LogP contribution in [0.3, 0.4) is 0 Å². The number of benzene rings is 1. The second-order valence-corrected chi connectivity index (χ2v) is 5.80. The lowest BCUT2D eigenvalue weighted by molar-refractivity contribution is 0.0602. The van der Waals surface area contributed by atoms with Crippen LogP contribution in [-0.4, -0.2) is 51.2 Å². The van der Waals surface area contributed by atoms with Gasteiger partial charge in [-0.1, -0.05) is 6.92 Å². The van der Waals surface area contributed by atoms with Crippen molar-refractivity contribution in [2.45, 2.75) is 13.0 Å². The first-order valence-electron chi connectivity index (χ1n) is 6.93. The van der Waals surface area contributed by atoms with Crippen LogP contribution in [-0.2, 0) is 4.74 Å². The van der Waals surface area contributed by atoms with E-state index in [0.29, 0.717) is 17.6 Å². The van der Waals surface area contributed by atoms with Crippen molar-refractivity contribution in [2.24, 2.45) is 5.92 Å². The molecule has 2 rings (SSSR count). The topological polar surface area (TPSA) is 58.8 Å². The van der Waals surface area contributed by atoms with Gasteiger partial charge in [0.25, 0.3) is 0 Å². The Morgan fingerprint density at radius 3 is 2.62 bits per heavy atom. The van der Waals surface area contributed by atoms with Crippen molar-refractivity contribution in [3.8, 4) is 0 Å². The summed E-state index contributed by atoms with van der Waals surface area (Å²) in [6.07, 6.45) is 0. The lowest BCUT2D eigenvalue weighted by Gasteiger charge is -2.23. The Hall–Kier alpha value is -1.82. The first-order chi connectivity index (χ1) is 9.85. The van der Waals surface area contributed by atoms with E-state index in [-0.39, 0.29) is 11.3 Å². The molecule has 5 nitrogen and oxygen atoms in total. The highest BCUT2D eigenvalue weighted by atomic mass is 19.1. The van der Waals surface area contributed by atoms with Gasteiger partial charge in [0.15, 0.2) is 0 Å². The molecule has 0 saturated carbocycles. The predicted octanol–water partition coefficient (Wildman–Crippen LogP) is 1.58. The first kappa shape index (κ1) is 15.6. The smallest absolute Gasteiger partial charge is 0.340 e. The van der Waals surface area contributed by atoms with Crippen molar-refractivity contribution in [3.05, 3.63) is 23.5 Å². The number of nitrogens with two attached hydrogens (primary N) is 1. The van der Waals surface area contributed by atoms with Crippen molar-refractivity contribution in [1.29, 1.82) is 0 Å². The van der Waals surface area contributed by atoms with Gasteiger partial charge in [-0.15, -0.1) is 0 Å². The number of carbonyl (C=O) groups is 1. The SMILES string of the molecule is COC(=O)c1cc(N2CC(C)C(N(C)C)C2)c(F)cc1N. The van der Waals surface area contributed by atoms with E-state index in [1.165, 1.54) is 19.2 Å². The number of hydrogen-bond acceptors (Lipinski definition) is 5. The number of ether oxygens (including phenoxy) is 1. The van der Waals surface area contributed by atoms with Crippen molar-refractivity contribution < 1.29 is 13.9 Å². The van der Waals surface area contributed by atoms with Gasteiger partial charge in [0, 0.05) is 24.8 Å². The molecule has 1 saturated heterocycles. The number of carbonyl (C=O) groups excluding carboxylic acids is 1. The van der Waals surface area contributed by atoms with E-state index in [9.17, 15) is 9.18 Å². The summed E-state index contributed by atoms with van der Waals surface area (Å²) in [6, 6.07) is 3.03. The molecule has 0 radical (unpaired) electrons. The molecular weight excluding hydrogens is 273 g/mol. The van der Waals surface area contributed by atoms with E-state index >= 15 is 0 Å². The molecule has 1 aliphatic rings. The summed E-state index contributed by atoms with van der Waals surface area (Å²) in [4.78, 5) is 15.8. The number of anilines is 2. The largest absolute Gasteiger partial charge is 0.465 e. The number of nitrogens with zero attached hydrogens (tertiary/aromatic N) is 2. The molecule has 1 fully saturated rings. The minimum absolute atomic E-state index is 0.0968. The average molecular weight is 295 g/mol. The Morgan fingerprint density at radius 1 is 1.43 bits per heavy atom. The molecule has 1 heterocycles. The van der Waals surface area contributed by atoms with Crippen LogP contribution in [0.1, 0.15) is 17.3 Å². The molecule has 2 N–H and O–H groups in total. The zero-order valence-electron chi connectivity index (χ0n) is 12.9. The lowest BCUT2D eigenvalue weighted by Crippen LogP contribution is -2.34. The summed E-state index contributed by atoms with van der Waals surface area (Å²) >= 11 is 0. The Bertz CT molecular complexity index is 548. The molecular formula is C15H22FN3O2. The van der Waals surface area contributed by atoms with Gasteiger partial charge in [-0.2, -0.15) is 0 Å². The molecule has 0 spiro atoms. The number of nitrogen functional groups attached to an aromatic ring is 1. The van der Waals surface area contributed by atoms with Crippen LogP contribution < -0.4 is 10.6 Å². The molecule has 21 heavy (non-hydrogen) atoms. The van der Waals surface area contributed by atoms with Gasteiger partial charge in [0.2, 0.25) is 0 Å². The summed E-state index contributed by atoms with van der Waals surface area (Å²) in [6.45, 7) is 3.60. The van der Waals surface area contributed by atoms with E-state index < -0.39 is 11.8 Å².